The lowest BCUT2D eigenvalue weighted by atomic mass is 10.1. The number of amides is 1. The molecule has 0 fully saturated rings. The van der Waals surface area contributed by atoms with E-state index in [0.29, 0.717) is 11.1 Å². The molecule has 0 saturated carbocycles. The average molecular weight is 315 g/mol. The SMILES string of the molecule is CC(=O)NCCNS(=O)(=O)c1cc(C(N)=S)ccc1C. The minimum Gasteiger partial charge on any atom is -0.389 e. The largest absolute Gasteiger partial charge is 0.389 e. The second-order valence-corrected chi connectivity index (χ2v) is 6.40. The Bertz CT molecular complexity index is 627. The first-order chi connectivity index (χ1) is 9.24. The Morgan fingerprint density at radius 3 is 2.55 bits per heavy atom. The first kappa shape index (κ1) is 16.5. The van der Waals surface area contributed by atoms with Crippen LogP contribution in [-0.4, -0.2) is 32.4 Å². The van der Waals surface area contributed by atoms with Gasteiger partial charge in [0.2, 0.25) is 15.9 Å². The highest BCUT2D eigenvalue weighted by molar-refractivity contribution is 7.89. The summed E-state index contributed by atoms with van der Waals surface area (Å²) in [6.45, 7) is 3.39. The number of aryl methyl sites for hydroxylation is 1. The summed E-state index contributed by atoms with van der Waals surface area (Å²) in [6, 6.07) is 4.77. The van der Waals surface area contributed by atoms with Crippen LogP contribution in [0.2, 0.25) is 0 Å². The van der Waals surface area contributed by atoms with Gasteiger partial charge in [0, 0.05) is 25.6 Å². The van der Waals surface area contributed by atoms with Crippen molar-refractivity contribution >= 4 is 33.1 Å². The number of nitrogens with one attached hydrogen (secondary N) is 2. The van der Waals surface area contributed by atoms with E-state index in [1.165, 1.54) is 13.0 Å². The van der Waals surface area contributed by atoms with E-state index in [2.05, 4.69) is 10.0 Å². The molecule has 0 aliphatic rings. The molecule has 110 valence electrons. The van der Waals surface area contributed by atoms with Gasteiger partial charge in [-0.25, -0.2) is 13.1 Å². The maximum atomic E-state index is 12.2. The zero-order valence-corrected chi connectivity index (χ0v) is 12.9. The molecule has 6 nitrogen and oxygen atoms in total. The van der Waals surface area contributed by atoms with Crippen LogP contribution < -0.4 is 15.8 Å². The standard InChI is InChI=1S/C12H17N3O3S2/c1-8-3-4-10(12(13)19)7-11(8)20(17,18)15-6-5-14-9(2)16/h3-4,7,15H,5-6H2,1-2H3,(H2,13,19)(H,14,16). The number of hydrogen-bond donors (Lipinski definition) is 3. The normalized spacial score (nSPS) is 11.1. The van der Waals surface area contributed by atoms with Crippen molar-refractivity contribution in [2.24, 2.45) is 5.73 Å². The Morgan fingerprint density at radius 2 is 2.00 bits per heavy atom. The van der Waals surface area contributed by atoms with Gasteiger partial charge < -0.3 is 11.1 Å². The highest BCUT2D eigenvalue weighted by Gasteiger charge is 2.17. The number of benzene rings is 1. The molecule has 0 heterocycles. The van der Waals surface area contributed by atoms with Crippen LogP contribution in [0.15, 0.2) is 23.1 Å². The number of carbonyl (C=O) groups excluding carboxylic acids is 1. The lowest BCUT2D eigenvalue weighted by molar-refractivity contribution is -0.118. The van der Waals surface area contributed by atoms with Gasteiger partial charge in [-0.05, 0) is 18.6 Å². The van der Waals surface area contributed by atoms with E-state index in [0.717, 1.165) is 0 Å². The van der Waals surface area contributed by atoms with Crippen LogP contribution in [0.4, 0.5) is 0 Å². The Morgan fingerprint density at radius 1 is 1.35 bits per heavy atom. The predicted octanol–water partition coefficient (Wildman–Crippen LogP) is 0.0436. The number of thiocarbonyl (C=S) groups is 1. The van der Waals surface area contributed by atoms with Crippen molar-refractivity contribution < 1.29 is 13.2 Å². The number of nitrogens with two attached hydrogens (primary N) is 1. The number of carbonyl (C=O) groups is 1. The molecular weight excluding hydrogens is 298 g/mol. The van der Waals surface area contributed by atoms with E-state index in [-0.39, 0.29) is 28.9 Å². The molecule has 0 atom stereocenters. The summed E-state index contributed by atoms with van der Waals surface area (Å²) in [5.74, 6) is -0.212. The minimum absolute atomic E-state index is 0.110. The van der Waals surface area contributed by atoms with E-state index in [1.54, 1.807) is 19.1 Å². The van der Waals surface area contributed by atoms with Crippen molar-refractivity contribution in [3.8, 4) is 0 Å². The number of rotatable bonds is 6. The van der Waals surface area contributed by atoms with Crippen LogP contribution in [0, 0.1) is 6.92 Å². The lowest BCUT2D eigenvalue weighted by Gasteiger charge is -2.11. The molecule has 1 amide bonds. The molecule has 0 radical (unpaired) electrons. The zero-order chi connectivity index (χ0) is 15.3. The predicted molar refractivity (Wildman–Crippen MR) is 80.9 cm³/mol. The summed E-state index contributed by atoms with van der Waals surface area (Å²) < 4.78 is 26.7. The van der Waals surface area contributed by atoms with Gasteiger partial charge in [-0.1, -0.05) is 24.4 Å². The van der Waals surface area contributed by atoms with Crippen LogP contribution in [0.5, 0.6) is 0 Å². The smallest absolute Gasteiger partial charge is 0.240 e. The molecule has 1 aromatic carbocycles. The van der Waals surface area contributed by atoms with Gasteiger partial charge in [0.15, 0.2) is 0 Å². The Labute approximate surface area is 123 Å². The van der Waals surface area contributed by atoms with Gasteiger partial charge in [0.05, 0.1) is 4.90 Å². The summed E-state index contributed by atoms with van der Waals surface area (Å²) in [6.07, 6.45) is 0. The fraction of sp³-hybridized carbons (Fsp3) is 0.333. The van der Waals surface area contributed by atoms with Gasteiger partial charge in [-0.15, -0.1) is 0 Å². The van der Waals surface area contributed by atoms with Gasteiger partial charge >= 0.3 is 0 Å². The molecule has 8 heteroatoms. The van der Waals surface area contributed by atoms with Crippen LogP contribution >= 0.6 is 12.2 Å². The monoisotopic (exact) mass is 315 g/mol. The second-order valence-electron chi connectivity index (χ2n) is 4.23. The van der Waals surface area contributed by atoms with Crippen molar-refractivity contribution in [1.29, 1.82) is 0 Å². The fourth-order valence-electron chi connectivity index (χ4n) is 1.54. The summed E-state index contributed by atoms with van der Waals surface area (Å²) in [4.78, 5) is 11.0. The Balaban J connectivity index is 2.89. The van der Waals surface area contributed by atoms with Gasteiger partial charge in [-0.2, -0.15) is 0 Å². The average Bonchev–Trinajstić information content (AvgIpc) is 2.34. The summed E-state index contributed by atoms with van der Waals surface area (Å²) in [5, 5.41) is 2.51. The quantitative estimate of drug-likeness (QED) is 0.508. The van der Waals surface area contributed by atoms with E-state index in [4.69, 9.17) is 18.0 Å². The van der Waals surface area contributed by atoms with Crippen molar-refractivity contribution in [3.05, 3.63) is 29.3 Å². The highest BCUT2D eigenvalue weighted by Crippen LogP contribution is 2.16. The molecule has 0 spiro atoms. The summed E-state index contributed by atoms with van der Waals surface area (Å²) >= 11 is 4.84. The van der Waals surface area contributed by atoms with Crippen molar-refractivity contribution in [3.63, 3.8) is 0 Å². The van der Waals surface area contributed by atoms with Crippen LogP contribution in [0.1, 0.15) is 18.1 Å². The fourth-order valence-corrected chi connectivity index (χ4v) is 2.97. The molecule has 1 aromatic rings. The van der Waals surface area contributed by atoms with Crippen molar-refractivity contribution in [2.75, 3.05) is 13.1 Å². The van der Waals surface area contributed by atoms with Gasteiger partial charge in [-0.3, -0.25) is 4.79 Å². The molecule has 0 aliphatic heterocycles. The Kier molecular flexibility index (Phi) is 5.61. The maximum Gasteiger partial charge on any atom is 0.240 e. The summed E-state index contributed by atoms with van der Waals surface area (Å²) in [7, 11) is -3.66. The molecule has 0 bridgehead atoms. The first-order valence-corrected chi connectivity index (χ1v) is 7.78. The Hall–Kier alpha value is -1.51. The topological polar surface area (TPSA) is 101 Å². The zero-order valence-electron chi connectivity index (χ0n) is 11.3. The van der Waals surface area contributed by atoms with Gasteiger partial charge in [0.1, 0.15) is 4.99 Å². The van der Waals surface area contributed by atoms with Crippen LogP contribution in [0.25, 0.3) is 0 Å². The first-order valence-electron chi connectivity index (χ1n) is 5.88. The molecule has 0 unspecified atom stereocenters. The van der Waals surface area contributed by atoms with E-state index < -0.39 is 10.0 Å². The van der Waals surface area contributed by atoms with E-state index in [1.807, 2.05) is 0 Å². The minimum atomic E-state index is -3.66. The third kappa shape index (κ3) is 4.55. The maximum absolute atomic E-state index is 12.2. The lowest BCUT2D eigenvalue weighted by Crippen LogP contribution is -2.34. The van der Waals surface area contributed by atoms with Gasteiger partial charge in [0.25, 0.3) is 0 Å². The van der Waals surface area contributed by atoms with E-state index in [9.17, 15) is 13.2 Å². The second kappa shape index (κ2) is 6.78. The summed E-state index contributed by atoms with van der Waals surface area (Å²) in [5.41, 5.74) is 6.59. The third-order valence-corrected chi connectivity index (χ3v) is 4.39. The molecule has 4 N–H and O–H groups in total. The molecule has 0 aromatic heterocycles. The molecule has 1 rings (SSSR count). The van der Waals surface area contributed by atoms with Crippen LogP contribution in [-0.2, 0) is 14.8 Å². The number of sulfonamides is 1. The molecule has 0 saturated heterocycles. The van der Waals surface area contributed by atoms with Crippen molar-refractivity contribution in [2.45, 2.75) is 18.7 Å². The van der Waals surface area contributed by atoms with Crippen LogP contribution in [0.3, 0.4) is 0 Å². The highest BCUT2D eigenvalue weighted by atomic mass is 32.2. The van der Waals surface area contributed by atoms with Crippen molar-refractivity contribution in [1.82, 2.24) is 10.0 Å². The van der Waals surface area contributed by atoms with E-state index >= 15 is 0 Å². The third-order valence-electron chi connectivity index (χ3n) is 2.55. The molecule has 0 aliphatic carbocycles. The molecular formula is C12H17N3O3S2. The number of hydrogen-bond acceptors (Lipinski definition) is 4. The molecule has 20 heavy (non-hydrogen) atoms.